The number of nitrogens with zero attached hydrogens (tertiary/aromatic N) is 1. The molecule has 1 N–H and O–H groups in total. The average molecular weight is 278 g/mol. The van der Waals surface area contributed by atoms with Crippen molar-refractivity contribution in [2.45, 2.75) is 64.3 Å². The molecule has 3 unspecified atom stereocenters. The number of amides is 1. The highest BCUT2D eigenvalue weighted by molar-refractivity contribution is 5.77. The molecule has 2 saturated heterocycles. The van der Waals surface area contributed by atoms with Gasteiger partial charge in [0.2, 0.25) is 5.91 Å². The summed E-state index contributed by atoms with van der Waals surface area (Å²) in [5.74, 6) is 2.71. The minimum Gasteiger partial charge on any atom is -0.339 e. The molecule has 0 bridgehead atoms. The van der Waals surface area contributed by atoms with Crippen LogP contribution in [0.2, 0.25) is 0 Å². The molecule has 3 atom stereocenters. The van der Waals surface area contributed by atoms with E-state index in [4.69, 9.17) is 0 Å². The number of hydrogen-bond acceptors (Lipinski definition) is 2. The number of rotatable bonds is 4. The normalized spacial score (nSPS) is 34.5. The van der Waals surface area contributed by atoms with E-state index in [0.717, 1.165) is 56.7 Å². The van der Waals surface area contributed by atoms with Crippen molar-refractivity contribution < 1.29 is 4.79 Å². The van der Waals surface area contributed by atoms with E-state index in [1.165, 1.54) is 32.1 Å². The fraction of sp³-hybridized carbons (Fsp3) is 0.941. The van der Waals surface area contributed by atoms with Crippen LogP contribution >= 0.6 is 0 Å². The van der Waals surface area contributed by atoms with Gasteiger partial charge in [0.1, 0.15) is 0 Å². The standard InChI is InChI=1S/C17H30N2O/c1-2-16-15-11-18-10-14(15)12-19(16)17(20)9-8-13-6-4-3-5-7-13/h13-16,18H,2-12H2,1H3. The lowest BCUT2D eigenvalue weighted by molar-refractivity contribution is -0.132. The number of likely N-dealkylation sites (tertiary alicyclic amines) is 1. The third-order valence-corrected chi connectivity index (χ3v) is 5.95. The summed E-state index contributed by atoms with van der Waals surface area (Å²) in [4.78, 5) is 14.8. The molecule has 0 radical (unpaired) electrons. The lowest BCUT2D eigenvalue weighted by Gasteiger charge is -2.28. The number of nitrogens with one attached hydrogen (secondary N) is 1. The van der Waals surface area contributed by atoms with E-state index in [-0.39, 0.29) is 0 Å². The van der Waals surface area contributed by atoms with E-state index >= 15 is 0 Å². The van der Waals surface area contributed by atoms with E-state index in [9.17, 15) is 4.79 Å². The van der Waals surface area contributed by atoms with Gasteiger partial charge in [-0.2, -0.15) is 0 Å². The molecule has 3 fully saturated rings. The van der Waals surface area contributed by atoms with E-state index in [1.54, 1.807) is 0 Å². The van der Waals surface area contributed by atoms with Gasteiger partial charge >= 0.3 is 0 Å². The number of carbonyl (C=O) groups is 1. The first-order valence-electron chi connectivity index (χ1n) is 8.79. The minimum absolute atomic E-state index is 0.442. The van der Waals surface area contributed by atoms with Crippen LogP contribution in [-0.4, -0.2) is 36.5 Å². The molecule has 114 valence electrons. The summed E-state index contributed by atoms with van der Waals surface area (Å²) in [6.45, 7) is 5.50. The van der Waals surface area contributed by atoms with Crippen LogP contribution in [-0.2, 0) is 4.79 Å². The van der Waals surface area contributed by atoms with Gasteiger partial charge in [0, 0.05) is 32.1 Å². The van der Waals surface area contributed by atoms with Crippen LogP contribution in [0.4, 0.5) is 0 Å². The SMILES string of the molecule is CCC1C2CNCC2CN1C(=O)CCC1CCCCC1. The van der Waals surface area contributed by atoms with Gasteiger partial charge in [-0.1, -0.05) is 39.0 Å². The lowest BCUT2D eigenvalue weighted by atomic mass is 9.86. The molecule has 3 rings (SSSR count). The summed E-state index contributed by atoms with van der Waals surface area (Å²) in [5, 5.41) is 3.49. The van der Waals surface area contributed by atoms with Gasteiger partial charge in [-0.3, -0.25) is 4.79 Å². The van der Waals surface area contributed by atoms with Crippen molar-refractivity contribution in [2.24, 2.45) is 17.8 Å². The molecule has 1 amide bonds. The molecular weight excluding hydrogens is 248 g/mol. The van der Waals surface area contributed by atoms with Gasteiger partial charge in [0.15, 0.2) is 0 Å². The summed E-state index contributed by atoms with van der Waals surface area (Å²) >= 11 is 0. The number of carbonyl (C=O) groups excluding carboxylic acids is 1. The second-order valence-electron chi connectivity index (χ2n) is 7.15. The summed E-state index contributed by atoms with van der Waals surface area (Å²) in [7, 11) is 0. The average Bonchev–Trinajstić information content (AvgIpc) is 3.06. The highest BCUT2D eigenvalue weighted by atomic mass is 16.2. The molecule has 0 aromatic rings. The van der Waals surface area contributed by atoms with Crippen molar-refractivity contribution in [1.29, 1.82) is 0 Å². The van der Waals surface area contributed by atoms with Crippen molar-refractivity contribution >= 4 is 5.91 Å². The maximum Gasteiger partial charge on any atom is 0.222 e. The quantitative estimate of drug-likeness (QED) is 0.857. The topological polar surface area (TPSA) is 32.3 Å². The Balaban J connectivity index is 1.51. The van der Waals surface area contributed by atoms with Crippen LogP contribution < -0.4 is 5.32 Å². The fourth-order valence-corrected chi connectivity index (χ4v) is 4.78. The Morgan fingerprint density at radius 2 is 2.00 bits per heavy atom. The largest absolute Gasteiger partial charge is 0.339 e. The third-order valence-electron chi connectivity index (χ3n) is 5.95. The van der Waals surface area contributed by atoms with Crippen LogP contribution in [0.25, 0.3) is 0 Å². The van der Waals surface area contributed by atoms with Gasteiger partial charge in [-0.05, 0) is 30.6 Å². The first-order valence-corrected chi connectivity index (χ1v) is 8.79. The molecule has 20 heavy (non-hydrogen) atoms. The van der Waals surface area contributed by atoms with Gasteiger partial charge in [0.05, 0.1) is 0 Å². The minimum atomic E-state index is 0.442. The van der Waals surface area contributed by atoms with Gasteiger partial charge in [-0.15, -0.1) is 0 Å². The predicted molar refractivity (Wildman–Crippen MR) is 81.5 cm³/mol. The molecule has 0 aromatic carbocycles. The molecule has 3 heteroatoms. The maximum atomic E-state index is 12.6. The molecule has 0 spiro atoms. The third kappa shape index (κ3) is 2.88. The predicted octanol–water partition coefficient (Wildman–Crippen LogP) is 2.80. The van der Waals surface area contributed by atoms with Crippen LogP contribution in [0.3, 0.4) is 0 Å². The van der Waals surface area contributed by atoms with Crippen molar-refractivity contribution in [3.05, 3.63) is 0 Å². The molecule has 2 aliphatic heterocycles. The summed E-state index contributed by atoms with van der Waals surface area (Å²) in [5.41, 5.74) is 0. The van der Waals surface area contributed by atoms with Gasteiger partial charge in [0.25, 0.3) is 0 Å². The molecule has 1 aliphatic carbocycles. The highest BCUT2D eigenvalue weighted by Gasteiger charge is 2.44. The molecule has 3 nitrogen and oxygen atoms in total. The zero-order chi connectivity index (χ0) is 13.9. The van der Waals surface area contributed by atoms with Gasteiger partial charge in [-0.25, -0.2) is 0 Å². The van der Waals surface area contributed by atoms with Crippen molar-refractivity contribution in [3.8, 4) is 0 Å². The summed E-state index contributed by atoms with van der Waals surface area (Å²) in [6.07, 6.45) is 9.96. The lowest BCUT2D eigenvalue weighted by Crippen LogP contribution is -2.39. The van der Waals surface area contributed by atoms with E-state index in [2.05, 4.69) is 17.1 Å². The van der Waals surface area contributed by atoms with Crippen LogP contribution in [0, 0.1) is 17.8 Å². The number of fused-ring (bicyclic) bond motifs is 1. The van der Waals surface area contributed by atoms with Crippen molar-refractivity contribution in [1.82, 2.24) is 10.2 Å². The monoisotopic (exact) mass is 278 g/mol. The Labute approximate surface area is 123 Å². The molecule has 1 saturated carbocycles. The first kappa shape index (κ1) is 14.4. The summed E-state index contributed by atoms with van der Waals surface area (Å²) < 4.78 is 0. The van der Waals surface area contributed by atoms with E-state index < -0.39 is 0 Å². The smallest absolute Gasteiger partial charge is 0.222 e. The zero-order valence-electron chi connectivity index (χ0n) is 12.9. The highest BCUT2D eigenvalue weighted by Crippen LogP contribution is 2.35. The van der Waals surface area contributed by atoms with Crippen LogP contribution in [0.1, 0.15) is 58.3 Å². The molecular formula is C17H30N2O. The zero-order valence-corrected chi connectivity index (χ0v) is 12.9. The van der Waals surface area contributed by atoms with Crippen molar-refractivity contribution in [2.75, 3.05) is 19.6 Å². The van der Waals surface area contributed by atoms with Crippen LogP contribution in [0.15, 0.2) is 0 Å². The first-order chi connectivity index (χ1) is 9.79. The number of hydrogen-bond donors (Lipinski definition) is 1. The second-order valence-corrected chi connectivity index (χ2v) is 7.15. The Bertz CT molecular complexity index is 338. The molecule has 3 aliphatic rings. The van der Waals surface area contributed by atoms with Gasteiger partial charge < -0.3 is 10.2 Å². The maximum absolute atomic E-state index is 12.6. The van der Waals surface area contributed by atoms with E-state index in [1.807, 2.05) is 0 Å². The molecule has 2 heterocycles. The Morgan fingerprint density at radius 3 is 2.75 bits per heavy atom. The van der Waals surface area contributed by atoms with Crippen LogP contribution in [0.5, 0.6) is 0 Å². The van der Waals surface area contributed by atoms with E-state index in [0.29, 0.717) is 11.9 Å². The molecule has 0 aromatic heterocycles. The Hall–Kier alpha value is -0.570. The van der Waals surface area contributed by atoms with Crippen molar-refractivity contribution in [3.63, 3.8) is 0 Å². The summed E-state index contributed by atoms with van der Waals surface area (Å²) in [6, 6.07) is 0.508. The second kappa shape index (κ2) is 6.46. The fourth-order valence-electron chi connectivity index (χ4n) is 4.78. The Morgan fingerprint density at radius 1 is 1.20 bits per heavy atom. The Kier molecular flexibility index (Phi) is 4.65.